The number of aryl methyl sites for hydroxylation is 1. The van der Waals surface area contributed by atoms with Crippen LogP contribution in [0.3, 0.4) is 0 Å². The molecular weight excluding hydrogens is 206 g/mol. The van der Waals surface area contributed by atoms with Crippen molar-refractivity contribution >= 4 is 0 Å². The van der Waals surface area contributed by atoms with Gasteiger partial charge in [0.2, 0.25) is 0 Å². The Morgan fingerprint density at radius 3 is 2.06 bits per heavy atom. The monoisotopic (exact) mass is 233 g/mol. The van der Waals surface area contributed by atoms with Gasteiger partial charge in [0.15, 0.2) is 0 Å². The quantitative estimate of drug-likeness (QED) is 0.771. The smallest absolute Gasteiger partial charge is 0.0294 e. The molecule has 1 nitrogen and oxygen atoms in total. The van der Waals surface area contributed by atoms with Gasteiger partial charge >= 0.3 is 0 Å². The van der Waals surface area contributed by atoms with Crippen LogP contribution in [0.15, 0.2) is 24.3 Å². The maximum atomic E-state index is 3.66. The summed E-state index contributed by atoms with van der Waals surface area (Å²) < 4.78 is 0. The van der Waals surface area contributed by atoms with E-state index in [1.165, 1.54) is 17.5 Å². The van der Waals surface area contributed by atoms with Gasteiger partial charge in [-0.1, -0.05) is 45.0 Å². The second-order valence-electron chi connectivity index (χ2n) is 5.51. The molecule has 0 radical (unpaired) electrons. The van der Waals surface area contributed by atoms with Gasteiger partial charge < -0.3 is 5.32 Å². The van der Waals surface area contributed by atoms with Crippen molar-refractivity contribution in [2.75, 3.05) is 0 Å². The van der Waals surface area contributed by atoms with Crippen LogP contribution in [-0.4, -0.2) is 6.04 Å². The first-order valence-electron chi connectivity index (χ1n) is 6.87. The number of hydrogen-bond acceptors (Lipinski definition) is 1. The van der Waals surface area contributed by atoms with Crippen LogP contribution >= 0.6 is 0 Å². The topological polar surface area (TPSA) is 12.0 Å². The maximum Gasteiger partial charge on any atom is 0.0294 e. The maximum absolute atomic E-state index is 3.66. The molecule has 1 N–H and O–H groups in total. The van der Waals surface area contributed by atoms with Gasteiger partial charge in [0.05, 0.1) is 0 Å². The fraction of sp³-hybridized carbons (Fsp3) is 0.625. The van der Waals surface area contributed by atoms with E-state index in [1.54, 1.807) is 0 Å². The summed E-state index contributed by atoms with van der Waals surface area (Å²) in [7, 11) is 0. The minimum Gasteiger partial charge on any atom is -0.308 e. The molecule has 0 aromatic heterocycles. The lowest BCUT2D eigenvalue weighted by Crippen LogP contribution is -2.30. The van der Waals surface area contributed by atoms with Crippen LogP contribution in [0.25, 0.3) is 0 Å². The molecule has 1 aromatic carbocycles. The van der Waals surface area contributed by atoms with Gasteiger partial charge in [0.25, 0.3) is 0 Å². The molecule has 0 saturated carbocycles. The number of benzene rings is 1. The fourth-order valence-corrected chi connectivity index (χ4v) is 2.34. The van der Waals surface area contributed by atoms with Crippen LogP contribution in [0.2, 0.25) is 0 Å². The normalized spacial score (nSPS) is 14.9. The van der Waals surface area contributed by atoms with Crippen molar-refractivity contribution in [1.29, 1.82) is 0 Å². The van der Waals surface area contributed by atoms with Crippen LogP contribution in [0, 0.1) is 5.92 Å². The predicted molar refractivity (Wildman–Crippen MR) is 76.3 cm³/mol. The minimum atomic E-state index is 0.439. The lowest BCUT2D eigenvalue weighted by atomic mass is 10.0. The van der Waals surface area contributed by atoms with Crippen LogP contribution < -0.4 is 5.32 Å². The van der Waals surface area contributed by atoms with Crippen molar-refractivity contribution in [1.82, 2.24) is 5.32 Å². The van der Waals surface area contributed by atoms with E-state index >= 15 is 0 Å². The summed E-state index contributed by atoms with van der Waals surface area (Å²) in [5, 5.41) is 3.66. The Bertz CT molecular complexity index is 313. The van der Waals surface area contributed by atoms with Gasteiger partial charge in [0.1, 0.15) is 0 Å². The minimum absolute atomic E-state index is 0.439. The van der Waals surface area contributed by atoms with E-state index in [0.29, 0.717) is 12.1 Å². The molecule has 0 fully saturated rings. The van der Waals surface area contributed by atoms with E-state index in [9.17, 15) is 0 Å². The SMILES string of the molecule is CCc1ccc(C(C)NC(C)CC(C)C)cc1. The second-order valence-corrected chi connectivity index (χ2v) is 5.51. The molecule has 96 valence electrons. The molecule has 17 heavy (non-hydrogen) atoms. The summed E-state index contributed by atoms with van der Waals surface area (Å²) >= 11 is 0. The summed E-state index contributed by atoms with van der Waals surface area (Å²) in [6, 6.07) is 9.99. The Morgan fingerprint density at radius 2 is 1.59 bits per heavy atom. The summed E-state index contributed by atoms with van der Waals surface area (Å²) in [6.07, 6.45) is 2.35. The van der Waals surface area contributed by atoms with Gasteiger partial charge in [-0.2, -0.15) is 0 Å². The molecule has 1 rings (SSSR count). The van der Waals surface area contributed by atoms with Crippen LogP contribution in [0.4, 0.5) is 0 Å². The van der Waals surface area contributed by atoms with E-state index in [1.807, 2.05) is 0 Å². The molecular formula is C16H27N. The third kappa shape index (κ3) is 4.91. The number of hydrogen-bond donors (Lipinski definition) is 1. The molecule has 1 heteroatoms. The molecule has 0 amide bonds. The van der Waals surface area contributed by atoms with Gasteiger partial charge in [-0.25, -0.2) is 0 Å². The summed E-state index contributed by atoms with van der Waals surface area (Å²) in [5.41, 5.74) is 2.80. The van der Waals surface area contributed by atoms with Crippen molar-refractivity contribution in [2.24, 2.45) is 5.92 Å². The first-order chi connectivity index (χ1) is 8.02. The largest absolute Gasteiger partial charge is 0.308 e. The summed E-state index contributed by atoms with van der Waals surface area (Å²) in [4.78, 5) is 0. The van der Waals surface area contributed by atoms with Gasteiger partial charge in [0, 0.05) is 12.1 Å². The van der Waals surface area contributed by atoms with Crippen molar-refractivity contribution in [3.05, 3.63) is 35.4 Å². The highest BCUT2D eigenvalue weighted by Gasteiger charge is 2.10. The van der Waals surface area contributed by atoms with Gasteiger partial charge in [-0.3, -0.25) is 0 Å². The molecule has 0 bridgehead atoms. The average molecular weight is 233 g/mol. The summed E-state index contributed by atoms with van der Waals surface area (Å²) in [6.45, 7) is 11.3. The Balaban J connectivity index is 2.53. The molecule has 0 aliphatic carbocycles. The van der Waals surface area contributed by atoms with E-state index < -0.39 is 0 Å². The highest BCUT2D eigenvalue weighted by atomic mass is 14.9. The zero-order valence-corrected chi connectivity index (χ0v) is 12.0. The second kappa shape index (κ2) is 6.80. The fourth-order valence-electron chi connectivity index (χ4n) is 2.34. The Kier molecular flexibility index (Phi) is 5.70. The Labute approximate surface area is 107 Å². The average Bonchev–Trinajstić information content (AvgIpc) is 2.28. The first-order valence-corrected chi connectivity index (χ1v) is 6.87. The molecule has 0 aliphatic heterocycles. The molecule has 1 aromatic rings. The van der Waals surface area contributed by atoms with Crippen molar-refractivity contribution in [3.8, 4) is 0 Å². The van der Waals surface area contributed by atoms with Crippen molar-refractivity contribution < 1.29 is 0 Å². The van der Waals surface area contributed by atoms with Crippen LogP contribution in [0.1, 0.15) is 58.2 Å². The Morgan fingerprint density at radius 1 is 1.00 bits per heavy atom. The van der Waals surface area contributed by atoms with Gasteiger partial charge in [-0.05, 0) is 43.7 Å². The third-order valence-corrected chi connectivity index (χ3v) is 3.25. The number of nitrogens with one attached hydrogen (secondary N) is 1. The zero-order chi connectivity index (χ0) is 12.8. The Hall–Kier alpha value is -0.820. The molecule has 0 heterocycles. The first kappa shape index (κ1) is 14.2. The van der Waals surface area contributed by atoms with E-state index in [-0.39, 0.29) is 0 Å². The van der Waals surface area contributed by atoms with Gasteiger partial charge in [-0.15, -0.1) is 0 Å². The zero-order valence-electron chi connectivity index (χ0n) is 12.0. The van der Waals surface area contributed by atoms with Crippen molar-refractivity contribution in [3.63, 3.8) is 0 Å². The van der Waals surface area contributed by atoms with E-state index in [0.717, 1.165) is 12.3 Å². The highest BCUT2D eigenvalue weighted by Crippen LogP contribution is 2.16. The molecule has 0 saturated heterocycles. The highest BCUT2D eigenvalue weighted by molar-refractivity contribution is 5.24. The lowest BCUT2D eigenvalue weighted by molar-refractivity contribution is 0.407. The molecule has 2 unspecified atom stereocenters. The lowest BCUT2D eigenvalue weighted by Gasteiger charge is -2.22. The molecule has 0 aliphatic rings. The van der Waals surface area contributed by atoms with E-state index in [2.05, 4.69) is 64.2 Å². The van der Waals surface area contributed by atoms with E-state index in [4.69, 9.17) is 0 Å². The van der Waals surface area contributed by atoms with Crippen LogP contribution in [-0.2, 0) is 6.42 Å². The standard InChI is InChI=1S/C16H27N/c1-6-15-7-9-16(10-8-15)14(5)17-13(4)11-12(2)3/h7-10,12-14,17H,6,11H2,1-5H3. The van der Waals surface area contributed by atoms with Crippen LogP contribution in [0.5, 0.6) is 0 Å². The number of rotatable bonds is 6. The summed E-state index contributed by atoms with van der Waals surface area (Å²) in [5.74, 6) is 0.757. The molecule has 2 atom stereocenters. The van der Waals surface area contributed by atoms with Crippen molar-refractivity contribution in [2.45, 2.75) is 59.5 Å². The third-order valence-electron chi connectivity index (χ3n) is 3.25. The molecule has 0 spiro atoms. The predicted octanol–water partition coefficient (Wildman–Crippen LogP) is 4.33.